The molecule has 0 saturated heterocycles. The number of alkyl halides is 3. The molecule has 5 nitrogen and oxygen atoms in total. The van der Waals surface area contributed by atoms with E-state index in [1.54, 1.807) is 18.2 Å². The van der Waals surface area contributed by atoms with Gasteiger partial charge in [-0.25, -0.2) is 9.78 Å². The molecule has 2 N–H and O–H groups in total. The zero-order valence-corrected chi connectivity index (χ0v) is 14.9. The van der Waals surface area contributed by atoms with Crippen molar-refractivity contribution in [1.29, 1.82) is 0 Å². The van der Waals surface area contributed by atoms with E-state index in [1.807, 2.05) is 41.1 Å². The van der Waals surface area contributed by atoms with E-state index in [1.165, 1.54) is 18.2 Å². The van der Waals surface area contributed by atoms with Gasteiger partial charge in [-0.3, -0.25) is 0 Å². The molecule has 29 heavy (non-hydrogen) atoms. The van der Waals surface area contributed by atoms with Crippen molar-refractivity contribution in [2.45, 2.75) is 6.18 Å². The van der Waals surface area contributed by atoms with Crippen LogP contribution in [0.2, 0.25) is 0 Å². The number of nitrogens with one attached hydrogen (secondary N) is 2. The molecule has 0 aliphatic heterocycles. The number of nitrogens with zero attached hydrogens (tertiary/aromatic N) is 2. The van der Waals surface area contributed by atoms with Gasteiger partial charge in [0.15, 0.2) is 0 Å². The highest BCUT2D eigenvalue weighted by molar-refractivity contribution is 6.00. The third kappa shape index (κ3) is 4.06. The van der Waals surface area contributed by atoms with E-state index < -0.39 is 17.8 Å². The maximum absolute atomic E-state index is 13.1. The first kappa shape index (κ1) is 18.5. The van der Waals surface area contributed by atoms with Crippen LogP contribution < -0.4 is 10.6 Å². The lowest BCUT2D eigenvalue weighted by molar-refractivity contribution is -0.136. The first-order valence-corrected chi connectivity index (χ1v) is 8.68. The lowest BCUT2D eigenvalue weighted by Crippen LogP contribution is -2.21. The van der Waals surface area contributed by atoms with Crippen LogP contribution in [-0.4, -0.2) is 15.4 Å². The SMILES string of the molecule is O=C(Nc1cccc(-c2cn3ccccc3n2)c1)Nc1ccccc1C(F)(F)F. The van der Waals surface area contributed by atoms with Crippen LogP contribution in [0.4, 0.5) is 29.3 Å². The topological polar surface area (TPSA) is 58.4 Å². The molecule has 0 spiro atoms. The van der Waals surface area contributed by atoms with E-state index >= 15 is 0 Å². The number of pyridine rings is 1. The fraction of sp³-hybridized carbons (Fsp3) is 0.0476. The van der Waals surface area contributed by atoms with Crippen LogP contribution in [0.3, 0.4) is 0 Å². The number of hydrogen-bond donors (Lipinski definition) is 2. The van der Waals surface area contributed by atoms with Crippen molar-refractivity contribution in [3.05, 3.63) is 84.7 Å². The fourth-order valence-electron chi connectivity index (χ4n) is 2.95. The number of rotatable bonds is 3. The number of urea groups is 1. The summed E-state index contributed by atoms with van der Waals surface area (Å²) in [5.41, 5.74) is 1.47. The number of imidazole rings is 1. The smallest absolute Gasteiger partial charge is 0.308 e. The third-order valence-corrected chi connectivity index (χ3v) is 4.26. The summed E-state index contributed by atoms with van der Waals surface area (Å²) in [6.07, 6.45) is -0.833. The highest BCUT2D eigenvalue weighted by Gasteiger charge is 2.33. The van der Waals surface area contributed by atoms with E-state index in [-0.39, 0.29) is 5.69 Å². The van der Waals surface area contributed by atoms with Gasteiger partial charge in [0.2, 0.25) is 0 Å². The molecule has 0 aliphatic rings. The number of hydrogen-bond acceptors (Lipinski definition) is 2. The van der Waals surface area contributed by atoms with Gasteiger partial charge in [-0.15, -0.1) is 0 Å². The summed E-state index contributed by atoms with van der Waals surface area (Å²) in [6, 6.07) is 16.6. The van der Waals surface area contributed by atoms with E-state index in [2.05, 4.69) is 15.6 Å². The molecule has 0 aliphatic carbocycles. The minimum Gasteiger partial charge on any atom is -0.308 e. The summed E-state index contributed by atoms with van der Waals surface area (Å²) in [5, 5.41) is 4.82. The van der Waals surface area contributed by atoms with Crippen LogP contribution in [0.25, 0.3) is 16.9 Å². The monoisotopic (exact) mass is 396 g/mol. The summed E-state index contributed by atoms with van der Waals surface area (Å²) in [4.78, 5) is 16.8. The number of anilines is 2. The highest BCUT2D eigenvalue weighted by Crippen LogP contribution is 2.34. The molecule has 8 heteroatoms. The van der Waals surface area contributed by atoms with E-state index in [9.17, 15) is 18.0 Å². The minimum atomic E-state index is -4.56. The second-order valence-corrected chi connectivity index (χ2v) is 6.30. The number of halogens is 3. The van der Waals surface area contributed by atoms with Gasteiger partial charge in [-0.1, -0.05) is 30.3 Å². The van der Waals surface area contributed by atoms with Gasteiger partial charge in [0, 0.05) is 23.6 Å². The molecule has 146 valence electrons. The highest BCUT2D eigenvalue weighted by atomic mass is 19.4. The molecule has 0 radical (unpaired) electrons. The molecule has 2 heterocycles. The van der Waals surface area contributed by atoms with E-state index in [0.29, 0.717) is 11.4 Å². The quantitative estimate of drug-likeness (QED) is 0.469. The van der Waals surface area contributed by atoms with Gasteiger partial charge in [0.05, 0.1) is 16.9 Å². The molecule has 2 aromatic heterocycles. The van der Waals surface area contributed by atoms with Crippen LogP contribution in [0.5, 0.6) is 0 Å². The van der Waals surface area contributed by atoms with Crippen molar-refractivity contribution in [3.8, 4) is 11.3 Å². The number of amides is 2. The Hall–Kier alpha value is -3.81. The zero-order chi connectivity index (χ0) is 20.4. The van der Waals surface area contributed by atoms with Gasteiger partial charge in [0.1, 0.15) is 5.65 Å². The van der Waals surface area contributed by atoms with Gasteiger partial charge >= 0.3 is 12.2 Å². The Kier molecular flexibility index (Phi) is 4.67. The van der Waals surface area contributed by atoms with Crippen molar-refractivity contribution >= 4 is 23.1 Å². The van der Waals surface area contributed by atoms with Crippen LogP contribution in [-0.2, 0) is 6.18 Å². The van der Waals surface area contributed by atoms with Crippen LogP contribution in [0.1, 0.15) is 5.56 Å². The lowest BCUT2D eigenvalue weighted by atomic mass is 10.1. The molecule has 0 bridgehead atoms. The van der Waals surface area contributed by atoms with Crippen molar-refractivity contribution in [1.82, 2.24) is 9.38 Å². The summed E-state index contributed by atoms with van der Waals surface area (Å²) in [5.74, 6) is 0. The molecule has 2 aromatic carbocycles. The van der Waals surface area contributed by atoms with Gasteiger partial charge in [-0.2, -0.15) is 13.2 Å². The molecule has 0 unspecified atom stereocenters. The molecular weight excluding hydrogens is 381 g/mol. The zero-order valence-electron chi connectivity index (χ0n) is 14.9. The predicted octanol–water partition coefficient (Wildman–Crippen LogP) is 5.66. The number of fused-ring (bicyclic) bond motifs is 1. The largest absolute Gasteiger partial charge is 0.418 e. The Labute approximate surface area is 163 Å². The fourth-order valence-corrected chi connectivity index (χ4v) is 2.95. The maximum atomic E-state index is 13.1. The van der Waals surface area contributed by atoms with Crippen LogP contribution in [0, 0.1) is 0 Å². The summed E-state index contributed by atoms with van der Waals surface area (Å²) in [6.45, 7) is 0. The molecule has 0 fully saturated rings. The summed E-state index contributed by atoms with van der Waals surface area (Å²) in [7, 11) is 0. The first-order valence-electron chi connectivity index (χ1n) is 8.68. The van der Waals surface area contributed by atoms with Crippen LogP contribution in [0.15, 0.2) is 79.1 Å². The second-order valence-electron chi connectivity index (χ2n) is 6.30. The van der Waals surface area contributed by atoms with Gasteiger partial charge in [0.25, 0.3) is 0 Å². The molecule has 0 atom stereocenters. The first-order chi connectivity index (χ1) is 13.9. The van der Waals surface area contributed by atoms with Crippen molar-refractivity contribution in [3.63, 3.8) is 0 Å². The summed E-state index contributed by atoms with van der Waals surface area (Å²) < 4.78 is 41.1. The van der Waals surface area contributed by atoms with Crippen molar-refractivity contribution in [2.24, 2.45) is 0 Å². The Morgan fingerprint density at radius 1 is 0.931 bits per heavy atom. The average Bonchev–Trinajstić information content (AvgIpc) is 3.12. The number of carbonyl (C=O) groups is 1. The Morgan fingerprint density at radius 3 is 2.52 bits per heavy atom. The lowest BCUT2D eigenvalue weighted by Gasteiger charge is -2.14. The van der Waals surface area contributed by atoms with Gasteiger partial charge in [-0.05, 0) is 36.4 Å². The van der Waals surface area contributed by atoms with Gasteiger partial charge < -0.3 is 15.0 Å². The minimum absolute atomic E-state index is 0.311. The van der Waals surface area contributed by atoms with E-state index in [0.717, 1.165) is 17.3 Å². The normalized spacial score (nSPS) is 11.4. The Balaban J connectivity index is 1.53. The Morgan fingerprint density at radius 2 is 1.72 bits per heavy atom. The van der Waals surface area contributed by atoms with Crippen molar-refractivity contribution < 1.29 is 18.0 Å². The number of carbonyl (C=O) groups excluding carboxylic acids is 1. The standard InChI is InChI=1S/C21H15F3N4O/c22-21(23,24)16-8-1-2-9-17(16)27-20(29)25-15-7-5-6-14(12-15)18-13-28-11-4-3-10-19(28)26-18/h1-13H,(H2,25,27,29). The second kappa shape index (κ2) is 7.31. The summed E-state index contributed by atoms with van der Waals surface area (Å²) >= 11 is 0. The van der Waals surface area contributed by atoms with E-state index in [4.69, 9.17) is 0 Å². The molecule has 4 rings (SSSR count). The molecule has 4 aromatic rings. The number of para-hydroxylation sites is 1. The maximum Gasteiger partial charge on any atom is 0.418 e. The number of aromatic nitrogens is 2. The molecule has 0 saturated carbocycles. The molecule has 2 amide bonds. The third-order valence-electron chi connectivity index (χ3n) is 4.26. The Bertz CT molecular complexity index is 1150. The number of benzene rings is 2. The van der Waals surface area contributed by atoms with Crippen molar-refractivity contribution in [2.75, 3.05) is 10.6 Å². The molecular formula is C21H15F3N4O. The van der Waals surface area contributed by atoms with Crippen LogP contribution >= 0.6 is 0 Å². The average molecular weight is 396 g/mol. The predicted molar refractivity (Wildman–Crippen MR) is 105 cm³/mol.